The van der Waals surface area contributed by atoms with Gasteiger partial charge in [0.2, 0.25) is 11.8 Å². The number of halogens is 1. The lowest BCUT2D eigenvalue weighted by atomic mass is 10.1. The molecule has 1 aromatic heterocycles. The summed E-state index contributed by atoms with van der Waals surface area (Å²) < 4.78 is 1.57. The van der Waals surface area contributed by atoms with Crippen molar-refractivity contribution in [3.05, 3.63) is 12.3 Å². The third kappa shape index (κ3) is 5.71. The Bertz CT molecular complexity index is 432. The molecule has 1 heterocycles. The van der Waals surface area contributed by atoms with E-state index in [2.05, 4.69) is 15.7 Å². The fourth-order valence-corrected chi connectivity index (χ4v) is 1.26. The molecule has 0 aliphatic heterocycles. The van der Waals surface area contributed by atoms with Crippen molar-refractivity contribution in [3.8, 4) is 0 Å². The molecule has 0 fully saturated rings. The van der Waals surface area contributed by atoms with Crippen LogP contribution in [0.3, 0.4) is 0 Å². The van der Waals surface area contributed by atoms with E-state index in [1.165, 1.54) is 0 Å². The average molecular weight is 290 g/mol. The van der Waals surface area contributed by atoms with E-state index in [1.807, 2.05) is 13.8 Å². The molecule has 0 bridgehead atoms. The summed E-state index contributed by atoms with van der Waals surface area (Å²) in [6.45, 7) is 3.58. The number of rotatable bonds is 5. The summed E-state index contributed by atoms with van der Waals surface area (Å²) in [5.41, 5.74) is 5.64. The average Bonchev–Trinajstić information content (AvgIpc) is 2.70. The summed E-state index contributed by atoms with van der Waals surface area (Å²) in [6, 6.07) is 1.06. The molecule has 1 aromatic rings. The van der Waals surface area contributed by atoms with Crippen LogP contribution in [-0.2, 0) is 16.6 Å². The predicted octanol–water partition coefficient (Wildman–Crippen LogP) is -0.120. The Morgan fingerprint density at radius 1 is 1.47 bits per heavy atom. The summed E-state index contributed by atoms with van der Waals surface area (Å²) in [5, 5.41) is 9.03. The van der Waals surface area contributed by atoms with Gasteiger partial charge in [0, 0.05) is 19.3 Å². The van der Waals surface area contributed by atoms with Gasteiger partial charge < -0.3 is 16.4 Å². The van der Waals surface area contributed by atoms with Gasteiger partial charge >= 0.3 is 0 Å². The number of hydrogen-bond acceptors (Lipinski definition) is 4. The van der Waals surface area contributed by atoms with E-state index in [4.69, 9.17) is 5.73 Å². The summed E-state index contributed by atoms with van der Waals surface area (Å²) in [6.07, 6.45) is 1.71. The Labute approximate surface area is 118 Å². The molecular weight excluding hydrogens is 270 g/mol. The van der Waals surface area contributed by atoms with Crippen LogP contribution in [0.2, 0.25) is 0 Å². The molecule has 0 aliphatic rings. The van der Waals surface area contributed by atoms with Gasteiger partial charge in [-0.2, -0.15) is 5.10 Å². The number of carbonyl (C=O) groups is 2. The highest BCUT2D eigenvalue weighted by molar-refractivity contribution is 5.94. The molecule has 0 unspecified atom stereocenters. The summed E-state index contributed by atoms with van der Waals surface area (Å²) in [4.78, 5) is 23.0. The van der Waals surface area contributed by atoms with Crippen LogP contribution in [-0.4, -0.2) is 34.2 Å². The Morgan fingerprint density at radius 3 is 2.58 bits per heavy atom. The zero-order chi connectivity index (χ0) is 13.7. The smallest absolute Gasteiger partial charge is 0.244 e. The van der Waals surface area contributed by atoms with Crippen LogP contribution in [0.1, 0.15) is 13.8 Å². The maximum Gasteiger partial charge on any atom is 0.244 e. The SMILES string of the molecule is CC(C)[C@H](N)C(=O)NCC(=O)Nc1ccn(C)n1.Cl. The Morgan fingerprint density at radius 2 is 2.11 bits per heavy atom. The van der Waals surface area contributed by atoms with Gasteiger partial charge in [-0.25, -0.2) is 0 Å². The van der Waals surface area contributed by atoms with Crippen molar-refractivity contribution in [2.45, 2.75) is 19.9 Å². The molecule has 0 saturated carbocycles. The lowest BCUT2D eigenvalue weighted by Crippen LogP contribution is -2.46. The minimum Gasteiger partial charge on any atom is -0.346 e. The highest BCUT2D eigenvalue weighted by atomic mass is 35.5. The van der Waals surface area contributed by atoms with Crippen LogP contribution >= 0.6 is 12.4 Å². The first-order chi connectivity index (χ1) is 8.40. The molecule has 0 saturated heterocycles. The lowest BCUT2D eigenvalue weighted by Gasteiger charge is -2.14. The molecule has 0 radical (unpaired) electrons. The summed E-state index contributed by atoms with van der Waals surface area (Å²) in [7, 11) is 1.75. The molecule has 108 valence electrons. The van der Waals surface area contributed by atoms with E-state index in [0.29, 0.717) is 5.82 Å². The second kappa shape index (κ2) is 7.75. The largest absolute Gasteiger partial charge is 0.346 e. The number of nitrogens with zero attached hydrogens (tertiary/aromatic N) is 2. The number of anilines is 1. The predicted molar refractivity (Wildman–Crippen MR) is 74.9 cm³/mol. The highest BCUT2D eigenvalue weighted by Crippen LogP contribution is 2.00. The van der Waals surface area contributed by atoms with E-state index in [0.717, 1.165) is 0 Å². The van der Waals surface area contributed by atoms with Gasteiger partial charge in [-0.3, -0.25) is 14.3 Å². The van der Waals surface area contributed by atoms with Gasteiger partial charge in [-0.1, -0.05) is 13.8 Å². The van der Waals surface area contributed by atoms with E-state index in [1.54, 1.807) is 24.0 Å². The quantitative estimate of drug-likeness (QED) is 0.703. The van der Waals surface area contributed by atoms with Gasteiger partial charge in [0.05, 0.1) is 12.6 Å². The fourth-order valence-electron chi connectivity index (χ4n) is 1.26. The monoisotopic (exact) mass is 289 g/mol. The van der Waals surface area contributed by atoms with Gasteiger partial charge in [0.15, 0.2) is 5.82 Å². The van der Waals surface area contributed by atoms with Crippen molar-refractivity contribution in [2.24, 2.45) is 18.7 Å². The van der Waals surface area contributed by atoms with E-state index >= 15 is 0 Å². The number of hydrogen-bond donors (Lipinski definition) is 3. The van der Waals surface area contributed by atoms with Crippen LogP contribution in [0.15, 0.2) is 12.3 Å². The molecule has 2 amide bonds. The molecule has 0 aromatic carbocycles. The van der Waals surface area contributed by atoms with Gasteiger partial charge in [0.25, 0.3) is 0 Å². The van der Waals surface area contributed by atoms with Crippen molar-refractivity contribution in [3.63, 3.8) is 0 Å². The number of carbonyl (C=O) groups excluding carboxylic acids is 2. The number of aryl methyl sites for hydroxylation is 1. The number of nitrogens with one attached hydrogen (secondary N) is 2. The third-order valence-corrected chi connectivity index (χ3v) is 2.43. The maximum absolute atomic E-state index is 11.5. The summed E-state index contributed by atoms with van der Waals surface area (Å²) >= 11 is 0. The highest BCUT2D eigenvalue weighted by Gasteiger charge is 2.17. The fraction of sp³-hybridized carbons (Fsp3) is 0.545. The second-order valence-corrected chi connectivity index (χ2v) is 4.41. The number of nitrogens with two attached hydrogens (primary N) is 1. The molecule has 19 heavy (non-hydrogen) atoms. The Balaban J connectivity index is 0.00000324. The summed E-state index contributed by atoms with van der Waals surface area (Å²) in [5.74, 6) is -0.187. The van der Waals surface area contributed by atoms with Crippen LogP contribution in [0.4, 0.5) is 5.82 Å². The molecule has 1 rings (SSSR count). The molecular formula is C11H20ClN5O2. The first-order valence-corrected chi connectivity index (χ1v) is 5.73. The first kappa shape index (κ1) is 17.4. The van der Waals surface area contributed by atoms with E-state index < -0.39 is 6.04 Å². The molecule has 1 atom stereocenters. The molecule has 4 N–H and O–H groups in total. The van der Waals surface area contributed by atoms with E-state index in [-0.39, 0.29) is 36.7 Å². The normalized spacial score (nSPS) is 11.6. The van der Waals surface area contributed by atoms with Crippen molar-refractivity contribution >= 4 is 30.0 Å². The first-order valence-electron chi connectivity index (χ1n) is 5.73. The van der Waals surface area contributed by atoms with Crippen molar-refractivity contribution in [1.29, 1.82) is 0 Å². The third-order valence-electron chi connectivity index (χ3n) is 2.43. The molecule has 0 aliphatic carbocycles. The van der Waals surface area contributed by atoms with Gasteiger partial charge in [-0.05, 0) is 5.92 Å². The van der Waals surface area contributed by atoms with Gasteiger partial charge in [-0.15, -0.1) is 12.4 Å². The number of aromatic nitrogens is 2. The standard InChI is InChI=1S/C11H19N5O2.ClH/c1-7(2)10(12)11(18)13-6-9(17)14-8-4-5-16(3)15-8;/h4-5,7,10H,6,12H2,1-3H3,(H,13,18)(H,14,15,17);1H/t10-;/m0./s1. The number of amides is 2. The van der Waals surface area contributed by atoms with Crippen LogP contribution in [0.5, 0.6) is 0 Å². The van der Waals surface area contributed by atoms with Crippen molar-refractivity contribution < 1.29 is 9.59 Å². The minimum absolute atomic E-state index is 0. The van der Waals surface area contributed by atoms with Crippen LogP contribution in [0.25, 0.3) is 0 Å². The zero-order valence-corrected chi connectivity index (χ0v) is 12.0. The van der Waals surface area contributed by atoms with Crippen LogP contribution in [0, 0.1) is 5.92 Å². The molecule has 0 spiro atoms. The minimum atomic E-state index is -0.604. The van der Waals surface area contributed by atoms with Gasteiger partial charge in [0.1, 0.15) is 0 Å². The van der Waals surface area contributed by atoms with Crippen molar-refractivity contribution in [1.82, 2.24) is 15.1 Å². The molecule has 8 heteroatoms. The van der Waals surface area contributed by atoms with Crippen LogP contribution < -0.4 is 16.4 Å². The lowest BCUT2D eigenvalue weighted by molar-refractivity contribution is -0.125. The second-order valence-electron chi connectivity index (χ2n) is 4.41. The topological polar surface area (TPSA) is 102 Å². The Hall–Kier alpha value is -1.60. The van der Waals surface area contributed by atoms with Crippen molar-refractivity contribution in [2.75, 3.05) is 11.9 Å². The Kier molecular flexibility index (Phi) is 7.10. The zero-order valence-electron chi connectivity index (χ0n) is 11.2. The maximum atomic E-state index is 11.5. The molecule has 7 nitrogen and oxygen atoms in total. The van der Waals surface area contributed by atoms with E-state index in [9.17, 15) is 9.59 Å².